The fourth-order valence-corrected chi connectivity index (χ4v) is 3.24. The van der Waals surface area contributed by atoms with Crippen LogP contribution in [0.5, 0.6) is 0 Å². The Labute approximate surface area is 144 Å². The summed E-state index contributed by atoms with van der Waals surface area (Å²) in [6.07, 6.45) is 1.69. The molecule has 0 unspecified atom stereocenters. The van der Waals surface area contributed by atoms with Gasteiger partial charge in [0.15, 0.2) is 0 Å². The quantitative estimate of drug-likeness (QED) is 0.758. The Hall–Kier alpha value is -0.870. The molecular formula is C17H19Cl2NOS. The Morgan fingerprint density at radius 2 is 1.77 bits per heavy atom. The molecule has 0 heterocycles. The summed E-state index contributed by atoms with van der Waals surface area (Å²) < 4.78 is 11.4. The third-order valence-corrected chi connectivity index (χ3v) is 5.31. The largest absolute Gasteiger partial charge is 0.295 e. The molecule has 0 amide bonds. The number of hydrogen-bond donors (Lipinski definition) is 0. The molecule has 2 rings (SSSR count). The highest BCUT2D eigenvalue weighted by atomic mass is 35.5. The third-order valence-electron chi connectivity index (χ3n) is 3.79. The van der Waals surface area contributed by atoms with E-state index in [1.54, 1.807) is 12.3 Å². The fourth-order valence-electron chi connectivity index (χ4n) is 2.25. The van der Waals surface area contributed by atoms with Gasteiger partial charge in [-0.3, -0.25) is 9.11 Å². The van der Waals surface area contributed by atoms with Crippen molar-refractivity contribution in [3.05, 3.63) is 63.6 Å². The molecule has 5 heteroatoms. The molecular weight excluding hydrogens is 337 g/mol. The summed E-state index contributed by atoms with van der Waals surface area (Å²) in [4.78, 5) is 3.06. The first-order valence-electron chi connectivity index (χ1n) is 6.96. The molecule has 0 aliphatic heterocycles. The van der Waals surface area contributed by atoms with Crippen LogP contribution in [-0.2, 0) is 17.3 Å². The molecule has 0 saturated carbocycles. The van der Waals surface area contributed by atoms with Crippen LogP contribution in [0.1, 0.15) is 24.1 Å². The second-order valence-corrected chi connectivity index (χ2v) is 7.57. The van der Waals surface area contributed by atoms with Crippen molar-refractivity contribution in [2.75, 3.05) is 13.3 Å². The molecule has 0 fully saturated rings. The van der Waals surface area contributed by atoms with E-state index in [1.165, 1.54) is 5.56 Å². The van der Waals surface area contributed by atoms with Crippen LogP contribution in [0.4, 0.5) is 0 Å². The van der Waals surface area contributed by atoms with Crippen LogP contribution in [0.25, 0.3) is 0 Å². The topological polar surface area (TPSA) is 20.3 Å². The van der Waals surface area contributed by atoms with E-state index in [0.29, 0.717) is 10.0 Å². The van der Waals surface area contributed by atoms with Gasteiger partial charge in [0.05, 0.1) is 0 Å². The standard InChI is InChI=1S/C17H19Cl2NOS/c1-12(13-5-8-16(9-6-13)22(3)21)20(2)11-14-4-7-15(18)10-17(14)19/h4-10,12H,11H2,1-3H3/t12-,22+/m1/s1. The van der Waals surface area contributed by atoms with Crippen LogP contribution in [0, 0.1) is 0 Å². The third kappa shape index (κ3) is 4.32. The summed E-state index contributed by atoms with van der Waals surface area (Å²) >= 11 is 12.2. The minimum absolute atomic E-state index is 0.228. The number of nitrogens with zero attached hydrogens (tertiary/aromatic N) is 1. The Bertz CT molecular complexity index is 673. The summed E-state index contributed by atoms with van der Waals surface area (Å²) in [5.74, 6) is 0. The monoisotopic (exact) mass is 355 g/mol. The first-order chi connectivity index (χ1) is 10.4. The Kier molecular flexibility index (Phi) is 6.04. The highest BCUT2D eigenvalue weighted by molar-refractivity contribution is 7.84. The Morgan fingerprint density at radius 1 is 1.14 bits per heavy atom. The number of benzene rings is 2. The van der Waals surface area contributed by atoms with Crippen LogP contribution in [0.3, 0.4) is 0 Å². The minimum atomic E-state index is -0.942. The maximum Gasteiger partial charge on any atom is 0.0498 e. The van der Waals surface area contributed by atoms with E-state index in [0.717, 1.165) is 17.0 Å². The molecule has 2 atom stereocenters. The lowest BCUT2D eigenvalue weighted by atomic mass is 10.1. The molecule has 118 valence electrons. The van der Waals surface area contributed by atoms with Crippen LogP contribution in [0.15, 0.2) is 47.4 Å². The zero-order chi connectivity index (χ0) is 16.3. The van der Waals surface area contributed by atoms with Gasteiger partial charge >= 0.3 is 0 Å². The molecule has 0 aromatic heterocycles. The van der Waals surface area contributed by atoms with Crippen molar-refractivity contribution in [1.82, 2.24) is 4.90 Å². The summed E-state index contributed by atoms with van der Waals surface area (Å²) in [6.45, 7) is 2.88. The zero-order valence-electron chi connectivity index (χ0n) is 12.8. The number of hydrogen-bond acceptors (Lipinski definition) is 2. The molecule has 0 aliphatic carbocycles. The van der Waals surface area contributed by atoms with Crippen molar-refractivity contribution in [1.29, 1.82) is 0 Å². The van der Waals surface area contributed by atoms with Gasteiger partial charge in [-0.1, -0.05) is 41.4 Å². The average Bonchev–Trinajstić information content (AvgIpc) is 2.49. The molecule has 2 aromatic rings. The highest BCUT2D eigenvalue weighted by Gasteiger charge is 2.14. The Balaban J connectivity index is 2.11. The van der Waals surface area contributed by atoms with Crippen molar-refractivity contribution < 1.29 is 4.21 Å². The van der Waals surface area contributed by atoms with E-state index in [2.05, 4.69) is 18.9 Å². The first-order valence-corrected chi connectivity index (χ1v) is 9.27. The maximum atomic E-state index is 11.4. The molecule has 0 saturated heterocycles. The summed E-state index contributed by atoms with van der Waals surface area (Å²) in [5.41, 5.74) is 2.23. The second kappa shape index (κ2) is 7.60. The van der Waals surface area contributed by atoms with Gasteiger partial charge in [-0.05, 0) is 49.4 Å². The summed E-state index contributed by atoms with van der Waals surface area (Å²) in [5, 5.41) is 1.33. The van der Waals surface area contributed by atoms with Crippen LogP contribution in [-0.4, -0.2) is 22.4 Å². The molecule has 2 aromatic carbocycles. The van der Waals surface area contributed by atoms with Crippen molar-refractivity contribution in [2.45, 2.75) is 24.4 Å². The molecule has 0 bridgehead atoms. The van der Waals surface area contributed by atoms with Gasteiger partial charge < -0.3 is 0 Å². The van der Waals surface area contributed by atoms with E-state index < -0.39 is 10.8 Å². The van der Waals surface area contributed by atoms with Crippen molar-refractivity contribution in [3.63, 3.8) is 0 Å². The lowest BCUT2D eigenvalue weighted by Crippen LogP contribution is -2.22. The van der Waals surface area contributed by atoms with E-state index >= 15 is 0 Å². The summed E-state index contributed by atoms with van der Waals surface area (Å²) in [7, 11) is 1.12. The van der Waals surface area contributed by atoms with E-state index in [4.69, 9.17) is 23.2 Å². The van der Waals surface area contributed by atoms with Gasteiger partial charge in [-0.25, -0.2) is 0 Å². The predicted octanol–water partition coefficient (Wildman–Crippen LogP) is 4.92. The van der Waals surface area contributed by atoms with Crippen molar-refractivity contribution in [2.24, 2.45) is 0 Å². The molecule has 0 spiro atoms. The van der Waals surface area contributed by atoms with E-state index in [-0.39, 0.29) is 6.04 Å². The van der Waals surface area contributed by atoms with Crippen LogP contribution >= 0.6 is 23.2 Å². The highest BCUT2D eigenvalue weighted by Crippen LogP contribution is 2.26. The first kappa shape index (κ1) is 17.5. The molecule has 22 heavy (non-hydrogen) atoms. The van der Waals surface area contributed by atoms with Crippen LogP contribution in [0.2, 0.25) is 10.0 Å². The van der Waals surface area contributed by atoms with Gasteiger partial charge in [0, 0.05) is 44.6 Å². The number of rotatable bonds is 5. The lowest BCUT2D eigenvalue weighted by Gasteiger charge is -2.25. The zero-order valence-corrected chi connectivity index (χ0v) is 15.2. The van der Waals surface area contributed by atoms with Gasteiger partial charge in [-0.2, -0.15) is 0 Å². The van der Waals surface area contributed by atoms with Crippen molar-refractivity contribution >= 4 is 34.0 Å². The molecule has 0 aliphatic rings. The average molecular weight is 356 g/mol. The van der Waals surface area contributed by atoms with Crippen LogP contribution < -0.4 is 0 Å². The molecule has 0 radical (unpaired) electrons. The molecule has 0 N–H and O–H groups in total. The predicted molar refractivity (Wildman–Crippen MR) is 95.1 cm³/mol. The van der Waals surface area contributed by atoms with Gasteiger partial charge in [-0.15, -0.1) is 0 Å². The normalized spacial score (nSPS) is 14.1. The second-order valence-electron chi connectivity index (χ2n) is 5.35. The maximum absolute atomic E-state index is 11.4. The van der Waals surface area contributed by atoms with Gasteiger partial charge in [0.25, 0.3) is 0 Å². The SMILES string of the molecule is C[C@H](c1ccc([S@](C)=O)cc1)N(C)Cc1ccc(Cl)cc1Cl. The smallest absolute Gasteiger partial charge is 0.0498 e. The van der Waals surface area contributed by atoms with Crippen molar-refractivity contribution in [3.8, 4) is 0 Å². The van der Waals surface area contributed by atoms with Gasteiger partial charge in [0.1, 0.15) is 0 Å². The van der Waals surface area contributed by atoms with E-state index in [1.807, 2.05) is 36.4 Å². The Morgan fingerprint density at radius 3 is 2.32 bits per heavy atom. The summed E-state index contributed by atoms with van der Waals surface area (Å²) in [6, 6.07) is 13.7. The van der Waals surface area contributed by atoms with Gasteiger partial charge in [0.2, 0.25) is 0 Å². The lowest BCUT2D eigenvalue weighted by molar-refractivity contribution is 0.253. The fraction of sp³-hybridized carbons (Fsp3) is 0.294. The molecule has 2 nitrogen and oxygen atoms in total. The number of halogens is 2. The van der Waals surface area contributed by atoms with E-state index in [9.17, 15) is 4.21 Å². The minimum Gasteiger partial charge on any atom is -0.295 e.